The summed E-state index contributed by atoms with van der Waals surface area (Å²) in [6, 6.07) is 11.8. The normalized spacial score (nSPS) is 19.7. The molecule has 2 aliphatic rings. The highest BCUT2D eigenvalue weighted by molar-refractivity contribution is 7.89. The van der Waals surface area contributed by atoms with Crippen molar-refractivity contribution in [1.82, 2.24) is 9.21 Å². The Morgan fingerprint density at radius 2 is 1.76 bits per heavy atom. The van der Waals surface area contributed by atoms with E-state index < -0.39 is 20.9 Å². The Kier molecular flexibility index (Phi) is 6.37. The zero-order valence-electron chi connectivity index (χ0n) is 17.5. The number of sulfonamides is 1. The summed E-state index contributed by atoms with van der Waals surface area (Å²) in [6.45, 7) is 0.721. The molecule has 0 aliphatic carbocycles. The number of benzene rings is 2. The van der Waals surface area contributed by atoms with E-state index in [1.54, 1.807) is 29.2 Å². The lowest BCUT2D eigenvalue weighted by atomic mass is 10.1. The topological polar surface area (TPSA) is 121 Å². The number of amides is 2. The van der Waals surface area contributed by atoms with E-state index in [0.717, 1.165) is 6.07 Å². The van der Waals surface area contributed by atoms with Gasteiger partial charge in [0.15, 0.2) is 0 Å². The molecule has 0 saturated carbocycles. The van der Waals surface area contributed by atoms with Crippen LogP contribution in [0.4, 0.5) is 11.4 Å². The maximum absolute atomic E-state index is 13.0. The number of nitrogens with zero attached hydrogens (tertiary/aromatic N) is 4. The van der Waals surface area contributed by atoms with E-state index in [0.29, 0.717) is 10.7 Å². The third kappa shape index (κ3) is 4.70. The molecule has 2 fully saturated rings. The van der Waals surface area contributed by atoms with E-state index >= 15 is 0 Å². The highest BCUT2D eigenvalue weighted by atomic mass is 35.5. The van der Waals surface area contributed by atoms with Crippen LogP contribution in [0.1, 0.15) is 6.42 Å². The Bertz CT molecular complexity index is 1210. The number of hydrogen-bond donors (Lipinski definition) is 0. The van der Waals surface area contributed by atoms with E-state index in [1.165, 1.54) is 27.4 Å². The van der Waals surface area contributed by atoms with Crippen LogP contribution in [-0.2, 0) is 19.6 Å². The fraction of sp³-hybridized carbons (Fsp3) is 0.333. The lowest BCUT2D eigenvalue weighted by Crippen LogP contribution is -2.52. The fourth-order valence-corrected chi connectivity index (χ4v) is 5.73. The summed E-state index contributed by atoms with van der Waals surface area (Å²) >= 11 is 6.01. The Morgan fingerprint density at radius 1 is 1.06 bits per heavy atom. The molecule has 2 aliphatic heterocycles. The van der Waals surface area contributed by atoms with Crippen molar-refractivity contribution in [2.45, 2.75) is 11.3 Å². The average molecular weight is 493 g/mol. The van der Waals surface area contributed by atoms with Gasteiger partial charge in [-0.2, -0.15) is 4.31 Å². The van der Waals surface area contributed by atoms with E-state index in [2.05, 4.69) is 0 Å². The lowest BCUT2D eigenvalue weighted by Gasteiger charge is -2.35. The third-order valence-electron chi connectivity index (χ3n) is 5.81. The molecule has 0 bridgehead atoms. The second kappa shape index (κ2) is 9.08. The van der Waals surface area contributed by atoms with Gasteiger partial charge in [0.1, 0.15) is 0 Å². The molecule has 2 saturated heterocycles. The molecule has 2 heterocycles. The number of piperazine rings is 1. The van der Waals surface area contributed by atoms with Gasteiger partial charge in [0, 0.05) is 62.0 Å². The summed E-state index contributed by atoms with van der Waals surface area (Å²) in [5.41, 5.74) is 0.329. The second-order valence-electron chi connectivity index (χ2n) is 7.87. The maximum atomic E-state index is 13.0. The van der Waals surface area contributed by atoms with Crippen molar-refractivity contribution in [3.8, 4) is 0 Å². The van der Waals surface area contributed by atoms with Gasteiger partial charge in [-0.25, -0.2) is 8.42 Å². The van der Waals surface area contributed by atoms with Gasteiger partial charge in [0.05, 0.1) is 15.7 Å². The number of halogens is 1. The number of nitro benzene ring substituents is 1. The van der Waals surface area contributed by atoms with Crippen LogP contribution in [0.25, 0.3) is 0 Å². The minimum Gasteiger partial charge on any atom is -0.340 e. The first kappa shape index (κ1) is 23.1. The molecule has 12 heteroatoms. The average Bonchev–Trinajstić information content (AvgIpc) is 3.20. The number of carbonyl (C=O) groups excluding carboxylic acids is 2. The number of hydrogen-bond acceptors (Lipinski definition) is 6. The first-order valence-electron chi connectivity index (χ1n) is 10.3. The van der Waals surface area contributed by atoms with Gasteiger partial charge in [0.2, 0.25) is 21.8 Å². The highest BCUT2D eigenvalue weighted by Crippen LogP contribution is 2.29. The van der Waals surface area contributed by atoms with Crippen molar-refractivity contribution in [3.05, 3.63) is 63.7 Å². The van der Waals surface area contributed by atoms with Crippen molar-refractivity contribution >= 4 is 44.8 Å². The summed E-state index contributed by atoms with van der Waals surface area (Å²) in [6.07, 6.45) is 0.0809. The van der Waals surface area contributed by atoms with Crippen LogP contribution < -0.4 is 4.90 Å². The van der Waals surface area contributed by atoms with Crippen LogP contribution in [0, 0.1) is 16.0 Å². The predicted molar refractivity (Wildman–Crippen MR) is 120 cm³/mol. The Labute approximate surface area is 195 Å². The molecule has 2 aromatic carbocycles. The molecule has 0 N–H and O–H groups in total. The van der Waals surface area contributed by atoms with Gasteiger partial charge in [-0.05, 0) is 24.3 Å². The molecule has 0 radical (unpaired) electrons. The number of carbonyl (C=O) groups is 2. The van der Waals surface area contributed by atoms with E-state index in [9.17, 15) is 28.1 Å². The van der Waals surface area contributed by atoms with Crippen LogP contribution in [-0.4, -0.2) is 67.1 Å². The molecular weight excluding hydrogens is 472 g/mol. The van der Waals surface area contributed by atoms with Gasteiger partial charge < -0.3 is 9.80 Å². The Balaban J connectivity index is 1.40. The predicted octanol–water partition coefficient (Wildman–Crippen LogP) is 2.13. The number of anilines is 1. The molecule has 1 unspecified atom stereocenters. The third-order valence-corrected chi connectivity index (χ3v) is 7.94. The van der Waals surface area contributed by atoms with E-state index in [4.69, 9.17) is 11.6 Å². The highest BCUT2D eigenvalue weighted by Gasteiger charge is 2.39. The molecule has 2 amide bonds. The van der Waals surface area contributed by atoms with Gasteiger partial charge in [-0.3, -0.25) is 19.7 Å². The van der Waals surface area contributed by atoms with Crippen LogP contribution in [0.3, 0.4) is 0 Å². The summed E-state index contributed by atoms with van der Waals surface area (Å²) in [7, 11) is -3.93. The van der Waals surface area contributed by atoms with Gasteiger partial charge >= 0.3 is 0 Å². The minimum absolute atomic E-state index is 0.0649. The Hall–Kier alpha value is -3.02. The van der Waals surface area contributed by atoms with Gasteiger partial charge in [-0.15, -0.1) is 0 Å². The number of rotatable bonds is 5. The lowest BCUT2D eigenvalue weighted by molar-refractivity contribution is -0.385. The molecule has 33 heavy (non-hydrogen) atoms. The van der Waals surface area contributed by atoms with Crippen LogP contribution in [0.5, 0.6) is 0 Å². The maximum Gasteiger partial charge on any atom is 0.270 e. The molecule has 10 nitrogen and oxygen atoms in total. The zero-order valence-corrected chi connectivity index (χ0v) is 19.0. The molecule has 1 atom stereocenters. The summed E-state index contributed by atoms with van der Waals surface area (Å²) in [4.78, 5) is 38.8. The second-order valence-corrected chi connectivity index (χ2v) is 10.2. The van der Waals surface area contributed by atoms with Crippen LogP contribution in [0.15, 0.2) is 53.4 Å². The molecule has 0 aromatic heterocycles. The first-order valence-corrected chi connectivity index (χ1v) is 12.1. The zero-order chi connectivity index (χ0) is 23.8. The van der Waals surface area contributed by atoms with Crippen molar-refractivity contribution in [3.63, 3.8) is 0 Å². The van der Waals surface area contributed by atoms with E-state index in [-0.39, 0.29) is 61.5 Å². The molecular formula is C21H21ClN4O6S. The number of nitro groups is 1. The van der Waals surface area contributed by atoms with E-state index in [1.807, 2.05) is 0 Å². The fourth-order valence-electron chi connectivity index (χ4n) is 4.08. The first-order chi connectivity index (χ1) is 15.7. The van der Waals surface area contributed by atoms with Crippen molar-refractivity contribution in [2.75, 3.05) is 37.6 Å². The van der Waals surface area contributed by atoms with Gasteiger partial charge in [0.25, 0.3) is 5.69 Å². The van der Waals surface area contributed by atoms with Crippen molar-refractivity contribution in [2.24, 2.45) is 5.92 Å². The minimum atomic E-state index is -3.93. The van der Waals surface area contributed by atoms with Crippen molar-refractivity contribution < 1.29 is 22.9 Å². The van der Waals surface area contributed by atoms with Crippen LogP contribution >= 0.6 is 11.6 Å². The standard InChI is InChI=1S/C21H21ClN4O6S/c22-16-3-1-4-17(12-16)25-14-15(11-20(25)27)21(28)23-7-9-24(10-8-23)33(31,32)19-6-2-5-18(13-19)26(29)30/h1-6,12-13,15H,7-11,14H2. The SMILES string of the molecule is O=C(C1CC(=O)N(c2cccc(Cl)c2)C1)N1CCN(S(=O)(=O)c2cccc([N+](=O)[O-])c2)CC1. The number of non-ortho nitro benzene ring substituents is 1. The summed E-state index contributed by atoms with van der Waals surface area (Å²) in [5, 5.41) is 11.5. The summed E-state index contributed by atoms with van der Waals surface area (Å²) in [5.74, 6) is -0.876. The van der Waals surface area contributed by atoms with Gasteiger partial charge in [-0.1, -0.05) is 23.7 Å². The smallest absolute Gasteiger partial charge is 0.270 e. The Morgan fingerprint density at radius 3 is 2.42 bits per heavy atom. The summed E-state index contributed by atoms with van der Waals surface area (Å²) < 4.78 is 27.0. The molecule has 174 valence electrons. The monoisotopic (exact) mass is 492 g/mol. The molecule has 4 rings (SSSR count). The van der Waals surface area contributed by atoms with Crippen LogP contribution in [0.2, 0.25) is 5.02 Å². The largest absolute Gasteiger partial charge is 0.340 e. The quantitative estimate of drug-likeness (QED) is 0.465. The van der Waals surface area contributed by atoms with Crippen molar-refractivity contribution in [1.29, 1.82) is 0 Å². The molecule has 2 aromatic rings. The molecule has 0 spiro atoms.